The van der Waals surface area contributed by atoms with Crippen molar-refractivity contribution >= 4 is 11.6 Å². The fourth-order valence-corrected chi connectivity index (χ4v) is 2.41. The van der Waals surface area contributed by atoms with E-state index in [1.54, 1.807) is 19.2 Å². The van der Waals surface area contributed by atoms with E-state index in [4.69, 9.17) is 4.74 Å². The number of benzene rings is 2. The van der Waals surface area contributed by atoms with Crippen molar-refractivity contribution in [1.82, 2.24) is 10.6 Å². The molecule has 0 fully saturated rings. The molecule has 0 saturated heterocycles. The van der Waals surface area contributed by atoms with Gasteiger partial charge >= 0.3 is 6.18 Å². The number of nitrogens with zero attached hydrogens (tertiary/aromatic N) is 2. The van der Waals surface area contributed by atoms with Gasteiger partial charge in [0, 0.05) is 39.9 Å². The molecule has 0 aromatic heterocycles. The van der Waals surface area contributed by atoms with Crippen LogP contribution in [0.15, 0.2) is 53.5 Å². The zero-order valence-corrected chi connectivity index (χ0v) is 16.2. The lowest BCUT2D eigenvalue weighted by atomic mass is 10.2. The standard InChI is InChI=1S/C20H25F3N4O/c1-24-19(26-13-16-5-4-6-17(11-16)27(2)3)25-12-15-7-9-18(10-8-15)28-14-20(21,22)23/h4-11H,12-14H2,1-3H3,(H2,24,25,26). The van der Waals surface area contributed by atoms with Crippen LogP contribution < -0.4 is 20.3 Å². The molecule has 152 valence electrons. The Morgan fingerprint density at radius 1 is 1.00 bits per heavy atom. The van der Waals surface area contributed by atoms with Gasteiger partial charge in [-0.15, -0.1) is 0 Å². The van der Waals surface area contributed by atoms with Gasteiger partial charge in [0.2, 0.25) is 0 Å². The summed E-state index contributed by atoms with van der Waals surface area (Å²) in [4.78, 5) is 6.22. The van der Waals surface area contributed by atoms with Crippen molar-refractivity contribution in [1.29, 1.82) is 0 Å². The lowest BCUT2D eigenvalue weighted by molar-refractivity contribution is -0.153. The summed E-state index contributed by atoms with van der Waals surface area (Å²) in [6, 6.07) is 14.6. The Morgan fingerprint density at radius 2 is 1.64 bits per heavy atom. The van der Waals surface area contributed by atoms with Crippen LogP contribution in [0, 0.1) is 0 Å². The third-order valence-electron chi connectivity index (χ3n) is 3.90. The minimum atomic E-state index is -4.34. The summed E-state index contributed by atoms with van der Waals surface area (Å²) in [6.45, 7) is -0.196. The number of nitrogens with one attached hydrogen (secondary N) is 2. The average molecular weight is 394 g/mol. The topological polar surface area (TPSA) is 48.9 Å². The molecule has 2 N–H and O–H groups in total. The number of aliphatic imine (C=N–C) groups is 1. The first-order valence-corrected chi connectivity index (χ1v) is 8.76. The van der Waals surface area contributed by atoms with Gasteiger partial charge in [0.25, 0.3) is 0 Å². The van der Waals surface area contributed by atoms with Gasteiger partial charge in [0.15, 0.2) is 12.6 Å². The zero-order valence-electron chi connectivity index (χ0n) is 16.2. The quantitative estimate of drug-likeness (QED) is 0.557. The van der Waals surface area contributed by atoms with E-state index in [-0.39, 0.29) is 5.75 Å². The molecule has 0 amide bonds. The summed E-state index contributed by atoms with van der Waals surface area (Å²) in [7, 11) is 5.67. The van der Waals surface area contributed by atoms with E-state index in [1.165, 1.54) is 12.1 Å². The molecule has 2 rings (SSSR count). The molecule has 0 bridgehead atoms. The van der Waals surface area contributed by atoms with E-state index in [0.29, 0.717) is 19.0 Å². The van der Waals surface area contributed by atoms with Gasteiger partial charge in [-0.2, -0.15) is 13.2 Å². The maximum Gasteiger partial charge on any atom is 0.422 e. The monoisotopic (exact) mass is 394 g/mol. The van der Waals surface area contributed by atoms with Crippen LogP contribution in [-0.4, -0.2) is 39.9 Å². The highest BCUT2D eigenvalue weighted by molar-refractivity contribution is 5.79. The number of guanidine groups is 1. The van der Waals surface area contributed by atoms with Crippen molar-refractivity contribution in [3.8, 4) is 5.75 Å². The summed E-state index contributed by atoms with van der Waals surface area (Å²) >= 11 is 0. The van der Waals surface area contributed by atoms with Gasteiger partial charge in [-0.3, -0.25) is 4.99 Å². The van der Waals surface area contributed by atoms with Gasteiger partial charge in [-0.05, 0) is 35.4 Å². The van der Waals surface area contributed by atoms with Gasteiger partial charge in [0.1, 0.15) is 5.75 Å². The van der Waals surface area contributed by atoms with Crippen molar-refractivity contribution < 1.29 is 17.9 Å². The van der Waals surface area contributed by atoms with E-state index in [1.807, 2.05) is 37.2 Å². The van der Waals surface area contributed by atoms with Gasteiger partial charge < -0.3 is 20.3 Å². The van der Waals surface area contributed by atoms with Gasteiger partial charge in [-0.1, -0.05) is 24.3 Å². The first-order valence-electron chi connectivity index (χ1n) is 8.76. The Labute approximate surface area is 163 Å². The molecule has 0 aliphatic carbocycles. The third-order valence-corrected chi connectivity index (χ3v) is 3.90. The summed E-state index contributed by atoms with van der Waals surface area (Å²) in [5.41, 5.74) is 3.15. The predicted octanol–water partition coefficient (Wildman–Crippen LogP) is 3.56. The van der Waals surface area contributed by atoms with Crippen LogP contribution in [0.5, 0.6) is 5.75 Å². The first-order chi connectivity index (χ1) is 13.3. The Morgan fingerprint density at radius 3 is 2.21 bits per heavy atom. The molecule has 0 aliphatic heterocycles. The van der Waals surface area contributed by atoms with E-state index in [0.717, 1.165) is 16.8 Å². The van der Waals surface area contributed by atoms with Gasteiger partial charge in [-0.25, -0.2) is 0 Å². The molecule has 2 aromatic carbocycles. The number of anilines is 1. The van der Waals surface area contributed by atoms with Crippen molar-refractivity contribution in [2.45, 2.75) is 19.3 Å². The molecule has 8 heteroatoms. The first kappa shape index (κ1) is 21.4. The zero-order chi connectivity index (χ0) is 20.6. The predicted molar refractivity (Wildman–Crippen MR) is 106 cm³/mol. The third kappa shape index (κ3) is 7.38. The van der Waals surface area contributed by atoms with Crippen LogP contribution in [0.1, 0.15) is 11.1 Å². The Hall–Kier alpha value is -2.90. The molecule has 0 saturated carbocycles. The highest BCUT2D eigenvalue weighted by atomic mass is 19.4. The fourth-order valence-electron chi connectivity index (χ4n) is 2.41. The number of hydrogen-bond acceptors (Lipinski definition) is 3. The highest BCUT2D eigenvalue weighted by Gasteiger charge is 2.28. The average Bonchev–Trinajstić information content (AvgIpc) is 2.67. The molecular weight excluding hydrogens is 369 g/mol. The summed E-state index contributed by atoms with van der Waals surface area (Å²) in [5, 5.41) is 6.42. The lowest BCUT2D eigenvalue weighted by Crippen LogP contribution is -2.36. The SMILES string of the molecule is CN=C(NCc1ccc(OCC(F)(F)F)cc1)NCc1cccc(N(C)C)c1. The maximum absolute atomic E-state index is 12.2. The van der Waals surface area contributed by atoms with Crippen LogP contribution >= 0.6 is 0 Å². The largest absolute Gasteiger partial charge is 0.484 e. The highest BCUT2D eigenvalue weighted by Crippen LogP contribution is 2.19. The second-order valence-electron chi connectivity index (χ2n) is 6.39. The van der Waals surface area contributed by atoms with Crippen molar-refractivity contribution in [2.75, 3.05) is 32.6 Å². The maximum atomic E-state index is 12.2. The molecule has 28 heavy (non-hydrogen) atoms. The van der Waals surface area contributed by atoms with Crippen LogP contribution in [0.25, 0.3) is 0 Å². The normalized spacial score (nSPS) is 11.9. The summed E-state index contributed by atoms with van der Waals surface area (Å²) in [6.07, 6.45) is -4.34. The van der Waals surface area contributed by atoms with E-state index in [2.05, 4.69) is 21.7 Å². The van der Waals surface area contributed by atoms with Crippen LogP contribution in [-0.2, 0) is 13.1 Å². The molecule has 0 heterocycles. The molecule has 2 aromatic rings. The van der Waals surface area contributed by atoms with Crippen LogP contribution in [0.2, 0.25) is 0 Å². The van der Waals surface area contributed by atoms with Crippen molar-refractivity contribution in [2.24, 2.45) is 4.99 Å². The molecule has 0 unspecified atom stereocenters. The van der Waals surface area contributed by atoms with Crippen LogP contribution in [0.3, 0.4) is 0 Å². The number of hydrogen-bond donors (Lipinski definition) is 2. The molecule has 0 aliphatic rings. The molecule has 0 spiro atoms. The number of ether oxygens (including phenoxy) is 1. The second-order valence-corrected chi connectivity index (χ2v) is 6.39. The molecular formula is C20H25F3N4O. The minimum Gasteiger partial charge on any atom is -0.484 e. The van der Waals surface area contributed by atoms with E-state index < -0.39 is 12.8 Å². The molecule has 0 radical (unpaired) electrons. The molecule has 5 nitrogen and oxygen atoms in total. The van der Waals surface area contributed by atoms with Crippen molar-refractivity contribution in [3.05, 3.63) is 59.7 Å². The Bertz CT molecular complexity index is 774. The smallest absolute Gasteiger partial charge is 0.422 e. The van der Waals surface area contributed by atoms with Crippen molar-refractivity contribution in [3.63, 3.8) is 0 Å². The number of halogens is 3. The second kappa shape index (κ2) is 9.87. The minimum absolute atomic E-state index is 0.185. The van der Waals surface area contributed by atoms with Gasteiger partial charge in [0.05, 0.1) is 0 Å². The van der Waals surface area contributed by atoms with E-state index >= 15 is 0 Å². The summed E-state index contributed by atoms with van der Waals surface area (Å²) in [5.74, 6) is 0.817. The lowest BCUT2D eigenvalue weighted by Gasteiger charge is -2.15. The Balaban J connectivity index is 1.83. The Kier molecular flexibility index (Phi) is 7.54. The van der Waals surface area contributed by atoms with Crippen LogP contribution in [0.4, 0.5) is 18.9 Å². The fraction of sp³-hybridized carbons (Fsp3) is 0.350. The number of rotatable bonds is 7. The number of alkyl halides is 3. The summed E-state index contributed by atoms with van der Waals surface area (Å²) < 4.78 is 41.2. The molecule has 0 atom stereocenters. The van der Waals surface area contributed by atoms with E-state index in [9.17, 15) is 13.2 Å².